The van der Waals surface area contributed by atoms with Crippen molar-refractivity contribution < 1.29 is 14.4 Å². The third-order valence-electron chi connectivity index (χ3n) is 1.97. The fourth-order valence-corrected chi connectivity index (χ4v) is 1.30. The molecule has 5 heteroatoms. The number of phenolic OH excluding ortho intramolecular Hbond substituents is 1. The third kappa shape index (κ3) is 1.67. The van der Waals surface area contributed by atoms with Gasteiger partial charge < -0.3 is 15.4 Å². The molecule has 0 aliphatic heterocycles. The zero-order valence-corrected chi connectivity index (χ0v) is 7.68. The zero-order chi connectivity index (χ0) is 10.8. The van der Waals surface area contributed by atoms with Gasteiger partial charge in [0.05, 0.1) is 0 Å². The quantitative estimate of drug-likeness (QED) is 0.722. The number of hydrogen-bond acceptors (Lipinski definition) is 5. The number of aromatic hydroxyl groups is 1. The van der Waals surface area contributed by atoms with Crippen molar-refractivity contribution in [2.75, 3.05) is 5.73 Å². The molecule has 0 bridgehead atoms. The molecule has 1 aromatic heterocycles. The lowest BCUT2D eigenvalue weighted by Gasteiger charge is -2.00. The molecule has 0 amide bonds. The lowest BCUT2D eigenvalue weighted by atomic mass is 10.1. The van der Waals surface area contributed by atoms with Gasteiger partial charge >= 0.3 is 0 Å². The second-order valence-corrected chi connectivity index (χ2v) is 3.00. The van der Waals surface area contributed by atoms with Gasteiger partial charge in [0.2, 0.25) is 5.88 Å². The van der Waals surface area contributed by atoms with E-state index in [9.17, 15) is 9.90 Å². The fourth-order valence-electron chi connectivity index (χ4n) is 1.30. The number of carbonyl (C=O) groups is 1. The lowest BCUT2D eigenvalue weighted by Crippen LogP contribution is -1.87. The lowest BCUT2D eigenvalue weighted by molar-refractivity contribution is 0.112. The van der Waals surface area contributed by atoms with E-state index in [-0.39, 0.29) is 11.6 Å². The molecule has 0 saturated heterocycles. The van der Waals surface area contributed by atoms with E-state index in [1.54, 1.807) is 6.07 Å². The van der Waals surface area contributed by atoms with Crippen molar-refractivity contribution in [3.05, 3.63) is 29.8 Å². The topological polar surface area (TPSA) is 89.4 Å². The number of carbonyl (C=O) groups excluding carboxylic acids is 1. The minimum Gasteiger partial charge on any atom is -0.508 e. The highest BCUT2D eigenvalue weighted by Crippen LogP contribution is 2.26. The van der Waals surface area contributed by atoms with Crippen LogP contribution in [0.25, 0.3) is 11.3 Å². The van der Waals surface area contributed by atoms with Gasteiger partial charge in [-0.15, -0.1) is 0 Å². The molecule has 5 nitrogen and oxygen atoms in total. The summed E-state index contributed by atoms with van der Waals surface area (Å²) in [5.41, 5.74) is 6.75. The maximum Gasteiger partial charge on any atom is 0.222 e. The maximum absolute atomic E-state index is 10.8. The predicted octanol–water partition coefficient (Wildman–Crippen LogP) is 1.44. The first-order chi connectivity index (χ1) is 7.20. The Bertz CT molecular complexity index is 505. The Hall–Kier alpha value is -2.30. The maximum atomic E-state index is 10.8. The van der Waals surface area contributed by atoms with Crippen molar-refractivity contribution in [3.63, 3.8) is 0 Å². The first-order valence-corrected chi connectivity index (χ1v) is 4.21. The van der Waals surface area contributed by atoms with Crippen LogP contribution in [0.4, 0.5) is 5.88 Å². The molecule has 1 heterocycles. The first kappa shape index (κ1) is 9.26. The van der Waals surface area contributed by atoms with E-state index in [1.807, 2.05) is 0 Å². The number of nitrogens with zero attached hydrogens (tertiary/aromatic N) is 1. The summed E-state index contributed by atoms with van der Waals surface area (Å²) in [5.74, 6) is 0.201. The van der Waals surface area contributed by atoms with E-state index in [0.717, 1.165) is 0 Å². The summed E-state index contributed by atoms with van der Waals surface area (Å²) in [6, 6.07) is 5.91. The van der Waals surface area contributed by atoms with Crippen molar-refractivity contribution in [1.29, 1.82) is 0 Å². The SMILES string of the molecule is Nc1cc(-c2ccc(O)cc2C=O)no1. The third-order valence-corrected chi connectivity index (χ3v) is 1.97. The predicted molar refractivity (Wildman–Crippen MR) is 53.4 cm³/mol. The minimum atomic E-state index is 0.0253. The highest BCUT2D eigenvalue weighted by Gasteiger charge is 2.09. The van der Waals surface area contributed by atoms with E-state index >= 15 is 0 Å². The Morgan fingerprint density at radius 2 is 2.20 bits per heavy atom. The minimum absolute atomic E-state index is 0.0253. The van der Waals surface area contributed by atoms with Crippen LogP contribution in [0, 0.1) is 0 Å². The average Bonchev–Trinajstić information content (AvgIpc) is 2.64. The molecular weight excluding hydrogens is 196 g/mol. The molecule has 0 aliphatic carbocycles. The number of benzene rings is 1. The second kappa shape index (κ2) is 3.45. The van der Waals surface area contributed by atoms with Gasteiger partial charge in [-0.2, -0.15) is 0 Å². The van der Waals surface area contributed by atoms with Gasteiger partial charge in [-0.05, 0) is 18.2 Å². The number of aldehydes is 1. The van der Waals surface area contributed by atoms with E-state index < -0.39 is 0 Å². The largest absolute Gasteiger partial charge is 0.508 e. The zero-order valence-electron chi connectivity index (χ0n) is 7.68. The molecule has 0 aliphatic rings. The van der Waals surface area contributed by atoms with Crippen molar-refractivity contribution in [3.8, 4) is 17.0 Å². The number of nitrogens with two attached hydrogens (primary N) is 1. The van der Waals surface area contributed by atoms with Crippen LogP contribution in [-0.4, -0.2) is 16.5 Å². The number of hydrogen-bond donors (Lipinski definition) is 2. The molecule has 15 heavy (non-hydrogen) atoms. The van der Waals surface area contributed by atoms with E-state index in [2.05, 4.69) is 5.16 Å². The van der Waals surface area contributed by atoms with Crippen LogP contribution < -0.4 is 5.73 Å². The van der Waals surface area contributed by atoms with Crippen LogP contribution in [-0.2, 0) is 0 Å². The van der Waals surface area contributed by atoms with Crippen molar-refractivity contribution in [2.24, 2.45) is 0 Å². The summed E-state index contributed by atoms with van der Waals surface area (Å²) >= 11 is 0. The number of nitrogen functional groups attached to an aromatic ring is 1. The van der Waals surface area contributed by atoms with E-state index in [4.69, 9.17) is 10.3 Å². The Labute approximate surface area is 85.1 Å². The highest BCUT2D eigenvalue weighted by atomic mass is 16.5. The van der Waals surface area contributed by atoms with Gasteiger partial charge in [-0.3, -0.25) is 4.79 Å². The van der Waals surface area contributed by atoms with Crippen LogP contribution in [0.1, 0.15) is 10.4 Å². The Kier molecular flexibility index (Phi) is 2.13. The number of aromatic nitrogens is 1. The molecule has 1 aromatic carbocycles. The standard InChI is InChI=1S/C10H8N2O3/c11-10-4-9(12-15-10)8-2-1-7(14)3-6(8)5-13/h1-5,14H,11H2. The van der Waals surface area contributed by atoms with Crippen LogP contribution in [0.15, 0.2) is 28.8 Å². The van der Waals surface area contributed by atoms with Crippen molar-refractivity contribution in [2.45, 2.75) is 0 Å². The van der Waals surface area contributed by atoms with E-state index in [1.165, 1.54) is 18.2 Å². The van der Waals surface area contributed by atoms with Gasteiger partial charge in [-0.25, -0.2) is 0 Å². The number of phenols is 1. The van der Waals surface area contributed by atoms with E-state index in [0.29, 0.717) is 23.1 Å². The smallest absolute Gasteiger partial charge is 0.222 e. The Balaban J connectivity index is 2.57. The fraction of sp³-hybridized carbons (Fsp3) is 0. The van der Waals surface area contributed by atoms with Gasteiger partial charge in [0.1, 0.15) is 11.4 Å². The average molecular weight is 204 g/mol. The van der Waals surface area contributed by atoms with Gasteiger partial charge in [0.15, 0.2) is 6.29 Å². The molecule has 76 valence electrons. The molecular formula is C10H8N2O3. The Morgan fingerprint density at radius 1 is 1.40 bits per heavy atom. The summed E-state index contributed by atoms with van der Waals surface area (Å²) in [4.78, 5) is 10.8. The summed E-state index contributed by atoms with van der Waals surface area (Å²) in [5, 5.41) is 12.9. The summed E-state index contributed by atoms with van der Waals surface area (Å²) in [7, 11) is 0. The van der Waals surface area contributed by atoms with Gasteiger partial charge in [-0.1, -0.05) is 5.16 Å². The van der Waals surface area contributed by atoms with Crippen LogP contribution >= 0.6 is 0 Å². The van der Waals surface area contributed by atoms with Crippen LogP contribution in [0.5, 0.6) is 5.75 Å². The van der Waals surface area contributed by atoms with Crippen LogP contribution in [0.3, 0.4) is 0 Å². The van der Waals surface area contributed by atoms with Gasteiger partial charge in [0.25, 0.3) is 0 Å². The molecule has 0 unspecified atom stereocenters. The molecule has 0 fully saturated rings. The monoisotopic (exact) mass is 204 g/mol. The van der Waals surface area contributed by atoms with Crippen LogP contribution in [0.2, 0.25) is 0 Å². The van der Waals surface area contributed by atoms with Crippen molar-refractivity contribution >= 4 is 12.2 Å². The molecule has 3 N–H and O–H groups in total. The molecule has 2 rings (SSSR count). The summed E-state index contributed by atoms with van der Waals surface area (Å²) < 4.78 is 4.70. The highest BCUT2D eigenvalue weighted by molar-refractivity contribution is 5.87. The molecule has 2 aromatic rings. The molecule has 0 atom stereocenters. The van der Waals surface area contributed by atoms with Gasteiger partial charge in [0, 0.05) is 17.2 Å². The number of anilines is 1. The van der Waals surface area contributed by atoms with Crippen molar-refractivity contribution in [1.82, 2.24) is 5.16 Å². The number of rotatable bonds is 2. The molecule has 0 radical (unpaired) electrons. The summed E-state index contributed by atoms with van der Waals surface area (Å²) in [6.45, 7) is 0. The normalized spacial score (nSPS) is 10.1. The molecule has 0 saturated carbocycles. The summed E-state index contributed by atoms with van der Waals surface area (Å²) in [6.07, 6.45) is 0.639. The first-order valence-electron chi connectivity index (χ1n) is 4.21. The second-order valence-electron chi connectivity index (χ2n) is 3.00. The molecule has 0 spiro atoms. The Morgan fingerprint density at radius 3 is 2.80 bits per heavy atom.